The van der Waals surface area contributed by atoms with Gasteiger partial charge in [0.05, 0.1) is 0 Å². The molecule has 1 aliphatic carbocycles. The Morgan fingerprint density at radius 3 is 1.42 bits per heavy atom. The molecule has 0 aliphatic heterocycles. The molecule has 0 amide bonds. The van der Waals surface area contributed by atoms with Crippen LogP contribution in [0.3, 0.4) is 0 Å². The van der Waals surface area contributed by atoms with Crippen molar-refractivity contribution in [2.75, 3.05) is 0 Å². The molecule has 7 rings (SSSR count). The second kappa shape index (κ2) is 8.03. The molecule has 0 saturated heterocycles. The van der Waals surface area contributed by atoms with Crippen molar-refractivity contribution >= 4 is 10.9 Å². The van der Waals surface area contributed by atoms with Gasteiger partial charge in [-0.25, -0.2) is 0 Å². The van der Waals surface area contributed by atoms with Crippen molar-refractivity contribution in [3.63, 3.8) is 0 Å². The molecule has 170 valence electrons. The predicted molar refractivity (Wildman–Crippen MR) is 151 cm³/mol. The summed E-state index contributed by atoms with van der Waals surface area (Å²) in [5, 5.41) is 1.25. The van der Waals surface area contributed by atoms with Crippen LogP contribution in [0.5, 0.6) is 0 Å². The molecule has 1 aliphatic rings. The Kier molecular flexibility index (Phi) is 4.65. The van der Waals surface area contributed by atoms with E-state index >= 15 is 0 Å². The van der Waals surface area contributed by atoms with Gasteiger partial charge in [-0.05, 0) is 81.3 Å². The van der Waals surface area contributed by atoms with Gasteiger partial charge in [0, 0.05) is 23.1 Å². The van der Waals surface area contributed by atoms with Crippen molar-refractivity contribution in [1.82, 2.24) is 0 Å². The van der Waals surface area contributed by atoms with Gasteiger partial charge in [-0.1, -0.05) is 84.9 Å². The number of hydrogen-bond acceptors (Lipinski definition) is 0. The van der Waals surface area contributed by atoms with Gasteiger partial charge in [0.1, 0.15) is 7.05 Å². The fourth-order valence-corrected chi connectivity index (χ4v) is 5.90. The number of fused-ring (bicyclic) bond motifs is 9. The highest BCUT2D eigenvalue weighted by Crippen LogP contribution is 2.48. The van der Waals surface area contributed by atoms with E-state index in [1.807, 2.05) is 0 Å². The summed E-state index contributed by atoms with van der Waals surface area (Å²) in [4.78, 5) is 0. The van der Waals surface area contributed by atoms with Crippen LogP contribution in [0, 0.1) is 6.92 Å². The van der Waals surface area contributed by atoms with Gasteiger partial charge in [0.2, 0.25) is 11.2 Å². The van der Waals surface area contributed by atoms with Gasteiger partial charge in [0.15, 0.2) is 0 Å². The van der Waals surface area contributed by atoms with Crippen LogP contribution >= 0.6 is 0 Å². The first-order chi connectivity index (χ1) is 17.7. The number of hydrogen-bond donors (Lipinski definition) is 0. The maximum atomic E-state index is 2.42. The number of benzene rings is 5. The molecule has 1 nitrogen and oxygen atoms in total. The summed E-state index contributed by atoms with van der Waals surface area (Å²) < 4.78 is 2.32. The molecule has 0 spiro atoms. The minimum atomic E-state index is 1.22. The van der Waals surface area contributed by atoms with Crippen molar-refractivity contribution in [3.05, 3.63) is 127 Å². The second-order valence-electron chi connectivity index (χ2n) is 9.69. The highest BCUT2D eigenvalue weighted by molar-refractivity contribution is 6.04. The third kappa shape index (κ3) is 3.06. The summed E-state index contributed by atoms with van der Waals surface area (Å²) in [6.07, 6.45) is 0. The molecule has 0 N–H and O–H groups in total. The number of aryl methyl sites for hydroxylation is 2. The third-order valence-corrected chi connectivity index (χ3v) is 7.66. The lowest BCUT2D eigenvalue weighted by atomic mass is 9.79. The van der Waals surface area contributed by atoms with Gasteiger partial charge >= 0.3 is 0 Å². The lowest BCUT2D eigenvalue weighted by Crippen LogP contribution is -2.32. The third-order valence-electron chi connectivity index (χ3n) is 7.66. The summed E-state index contributed by atoms with van der Waals surface area (Å²) in [6.45, 7) is 2.24. The standard InChI is InChI=1S/C35H26N/c1-23-21-32-29-16-8-6-14-27(29)25-12-4-5-13-26(25)28-15-7-9-17-30(28)33(32)22-31(23)35-20-19-24-11-3-10-18-34(24)36(35)2/h3-22H,1-2H3/q+1. The summed E-state index contributed by atoms with van der Waals surface area (Å²) in [6, 6.07) is 44.4. The van der Waals surface area contributed by atoms with E-state index in [-0.39, 0.29) is 0 Å². The van der Waals surface area contributed by atoms with Crippen LogP contribution in [0.15, 0.2) is 121 Å². The minimum Gasteiger partial charge on any atom is -0.194 e. The normalized spacial score (nSPS) is 11.6. The van der Waals surface area contributed by atoms with Gasteiger partial charge < -0.3 is 0 Å². The van der Waals surface area contributed by atoms with E-state index in [4.69, 9.17) is 0 Å². The first-order valence-electron chi connectivity index (χ1n) is 12.5. The first-order valence-corrected chi connectivity index (χ1v) is 12.5. The summed E-state index contributed by atoms with van der Waals surface area (Å²) in [5.41, 5.74) is 15.3. The Balaban J connectivity index is 1.58. The lowest BCUT2D eigenvalue weighted by Gasteiger charge is -2.24. The molecule has 0 saturated carbocycles. The lowest BCUT2D eigenvalue weighted by molar-refractivity contribution is -0.633. The number of nitrogens with zero attached hydrogens (tertiary/aromatic N) is 1. The molecule has 6 aromatic rings. The van der Waals surface area contributed by atoms with E-state index in [2.05, 4.69) is 140 Å². The van der Waals surface area contributed by atoms with E-state index < -0.39 is 0 Å². The van der Waals surface area contributed by atoms with Gasteiger partial charge in [-0.3, -0.25) is 0 Å². The van der Waals surface area contributed by atoms with Crippen LogP contribution in [-0.4, -0.2) is 0 Å². The van der Waals surface area contributed by atoms with Crippen molar-refractivity contribution in [2.24, 2.45) is 7.05 Å². The molecule has 0 fully saturated rings. The van der Waals surface area contributed by atoms with Gasteiger partial charge in [0.25, 0.3) is 0 Å². The van der Waals surface area contributed by atoms with Crippen LogP contribution in [0.25, 0.3) is 66.7 Å². The van der Waals surface area contributed by atoms with Crippen LogP contribution in [0.2, 0.25) is 0 Å². The minimum absolute atomic E-state index is 1.22. The molecule has 1 heterocycles. The molecule has 0 atom stereocenters. The van der Waals surface area contributed by atoms with E-state index in [1.54, 1.807) is 0 Å². The molecule has 1 aromatic heterocycles. The molecular weight excluding hydrogens is 434 g/mol. The second-order valence-corrected chi connectivity index (χ2v) is 9.69. The summed E-state index contributed by atoms with van der Waals surface area (Å²) >= 11 is 0. The van der Waals surface area contributed by atoms with E-state index in [0.29, 0.717) is 0 Å². The number of pyridine rings is 1. The first kappa shape index (κ1) is 20.8. The highest BCUT2D eigenvalue weighted by Gasteiger charge is 2.24. The fraction of sp³-hybridized carbons (Fsp3) is 0.0571. The molecule has 1 heteroatoms. The zero-order chi connectivity index (χ0) is 24.2. The number of aromatic nitrogens is 1. The van der Waals surface area contributed by atoms with Crippen LogP contribution in [0.1, 0.15) is 5.56 Å². The van der Waals surface area contributed by atoms with E-state index in [9.17, 15) is 0 Å². The van der Waals surface area contributed by atoms with Gasteiger partial charge in [-0.15, -0.1) is 0 Å². The quantitative estimate of drug-likeness (QED) is 0.216. The molecular formula is C35H26N+. The largest absolute Gasteiger partial charge is 0.213 e. The Morgan fingerprint density at radius 2 is 0.861 bits per heavy atom. The van der Waals surface area contributed by atoms with Gasteiger partial charge in [-0.2, -0.15) is 4.57 Å². The van der Waals surface area contributed by atoms with Crippen molar-refractivity contribution in [2.45, 2.75) is 6.92 Å². The van der Waals surface area contributed by atoms with E-state index in [1.165, 1.54) is 72.2 Å². The Labute approximate surface area is 211 Å². The van der Waals surface area contributed by atoms with Crippen LogP contribution in [-0.2, 0) is 7.05 Å². The molecule has 36 heavy (non-hydrogen) atoms. The van der Waals surface area contributed by atoms with Crippen LogP contribution in [0.4, 0.5) is 0 Å². The average molecular weight is 461 g/mol. The molecule has 0 bridgehead atoms. The van der Waals surface area contributed by atoms with Crippen molar-refractivity contribution in [1.29, 1.82) is 0 Å². The molecule has 5 aromatic carbocycles. The van der Waals surface area contributed by atoms with E-state index in [0.717, 1.165) is 0 Å². The smallest absolute Gasteiger partial charge is 0.194 e. The maximum absolute atomic E-state index is 2.42. The Morgan fingerprint density at radius 1 is 0.417 bits per heavy atom. The summed E-state index contributed by atoms with van der Waals surface area (Å²) in [7, 11) is 2.17. The number of rotatable bonds is 1. The average Bonchev–Trinajstić information content (AvgIpc) is 2.93. The zero-order valence-electron chi connectivity index (χ0n) is 20.5. The monoisotopic (exact) mass is 460 g/mol. The molecule has 0 radical (unpaired) electrons. The van der Waals surface area contributed by atoms with Crippen molar-refractivity contribution < 1.29 is 4.57 Å². The number of para-hydroxylation sites is 1. The predicted octanol–water partition coefficient (Wildman–Crippen LogP) is 8.62. The highest BCUT2D eigenvalue weighted by atomic mass is 14.9. The summed E-state index contributed by atoms with van der Waals surface area (Å²) in [5.74, 6) is 0. The maximum Gasteiger partial charge on any atom is 0.213 e. The molecule has 0 unspecified atom stereocenters. The Bertz CT molecular complexity index is 1810. The SMILES string of the molecule is Cc1cc2c(cc1-c1ccc3ccccc3[n+]1C)-c1ccccc1-c1ccccc1-c1ccccc1-2. The Hall–Kier alpha value is -4.49. The van der Waals surface area contributed by atoms with Crippen molar-refractivity contribution in [3.8, 4) is 55.8 Å². The topological polar surface area (TPSA) is 3.88 Å². The zero-order valence-corrected chi connectivity index (χ0v) is 20.5. The fourth-order valence-electron chi connectivity index (χ4n) is 5.90. The van der Waals surface area contributed by atoms with Crippen LogP contribution < -0.4 is 4.57 Å².